The molecule has 1 aliphatic rings. The first kappa shape index (κ1) is 29.6. The highest BCUT2D eigenvalue weighted by atomic mass is 16.6. The topological polar surface area (TPSA) is 140 Å². The quantitative estimate of drug-likeness (QED) is 0.257. The van der Waals surface area contributed by atoms with Crippen LogP contribution in [-0.4, -0.2) is 71.6 Å². The molecule has 2 rings (SSSR count). The molecule has 0 saturated carbocycles. The third-order valence-electron chi connectivity index (χ3n) is 5.22. The van der Waals surface area contributed by atoms with E-state index in [-0.39, 0.29) is 19.1 Å². The van der Waals surface area contributed by atoms with Gasteiger partial charge in [-0.1, -0.05) is 44.2 Å². The van der Waals surface area contributed by atoms with Gasteiger partial charge in [0.1, 0.15) is 18.2 Å². The zero-order valence-electron chi connectivity index (χ0n) is 22.2. The molecule has 3 amide bonds. The van der Waals surface area contributed by atoms with E-state index in [2.05, 4.69) is 10.6 Å². The van der Waals surface area contributed by atoms with Crippen molar-refractivity contribution in [2.24, 2.45) is 5.92 Å². The number of carbonyl (C=O) groups is 5. The van der Waals surface area contributed by atoms with Crippen LogP contribution in [0.15, 0.2) is 30.3 Å². The molecular weight excluding hydrogens is 482 g/mol. The van der Waals surface area contributed by atoms with Gasteiger partial charge < -0.3 is 29.7 Å². The molecule has 0 spiro atoms. The number of nitrogens with one attached hydrogen (secondary N) is 2. The first-order valence-corrected chi connectivity index (χ1v) is 12.3. The van der Waals surface area contributed by atoms with Gasteiger partial charge in [-0.3, -0.25) is 9.59 Å². The summed E-state index contributed by atoms with van der Waals surface area (Å²) in [7, 11) is 0. The molecule has 0 bridgehead atoms. The maximum atomic E-state index is 12.9. The average molecular weight is 520 g/mol. The summed E-state index contributed by atoms with van der Waals surface area (Å²) in [6.07, 6.45) is -0.447. The van der Waals surface area contributed by atoms with E-state index in [1.165, 1.54) is 0 Å². The fraction of sp³-hybridized carbons (Fsp3) is 0.577. The van der Waals surface area contributed by atoms with Crippen molar-refractivity contribution in [3.63, 3.8) is 0 Å². The van der Waals surface area contributed by atoms with Crippen LogP contribution in [0.2, 0.25) is 0 Å². The first-order valence-electron chi connectivity index (χ1n) is 12.3. The van der Waals surface area contributed by atoms with Crippen LogP contribution >= 0.6 is 0 Å². The Balaban J connectivity index is 2.00. The lowest BCUT2D eigenvalue weighted by atomic mass is 10.0. The van der Waals surface area contributed by atoms with E-state index in [0.717, 1.165) is 10.5 Å². The van der Waals surface area contributed by atoms with Gasteiger partial charge in [0.05, 0.1) is 13.2 Å². The van der Waals surface area contributed by atoms with Crippen molar-refractivity contribution in [3.8, 4) is 0 Å². The van der Waals surface area contributed by atoms with Crippen LogP contribution in [0, 0.1) is 5.92 Å². The lowest BCUT2D eigenvalue weighted by molar-refractivity contribution is -0.148. The minimum atomic E-state index is -1.14. The largest absolute Gasteiger partial charge is 0.464 e. The first-order chi connectivity index (χ1) is 17.3. The normalized spacial score (nSPS) is 17.4. The van der Waals surface area contributed by atoms with E-state index >= 15 is 0 Å². The molecular formula is C26H37N3O8. The summed E-state index contributed by atoms with van der Waals surface area (Å²) in [4.78, 5) is 63.8. The maximum Gasteiger partial charge on any atom is 0.408 e. The Hall–Kier alpha value is -3.63. The second-order valence-electron chi connectivity index (χ2n) is 10.1. The van der Waals surface area contributed by atoms with E-state index in [4.69, 9.17) is 14.2 Å². The Morgan fingerprint density at radius 1 is 0.973 bits per heavy atom. The summed E-state index contributed by atoms with van der Waals surface area (Å²) in [5, 5.41) is 5.01. The standard InChI is InChI=1S/C26H37N3O8/c1-7-35-23(32)20-21(24(33)36-15-17-11-9-8-10-12-17)29(20)19(30)14-27-22(31)18(13-16(2)3)28-25(34)37-26(4,5)6/h8-12,16,18,20-21H,7,13-15H2,1-6H3,(H,27,31)(H,28,34)/t18-,20+,21+,29?/m0/s1. The predicted molar refractivity (Wildman–Crippen MR) is 133 cm³/mol. The molecule has 11 heteroatoms. The van der Waals surface area contributed by atoms with Gasteiger partial charge in [0, 0.05) is 0 Å². The van der Waals surface area contributed by atoms with Crippen molar-refractivity contribution in [2.45, 2.75) is 78.3 Å². The lowest BCUT2D eigenvalue weighted by Crippen LogP contribution is -2.50. The monoisotopic (exact) mass is 519 g/mol. The number of carbonyl (C=O) groups excluding carboxylic acids is 5. The summed E-state index contributed by atoms with van der Waals surface area (Å²) < 4.78 is 15.5. The van der Waals surface area contributed by atoms with Gasteiger partial charge in [-0.25, -0.2) is 14.4 Å². The third-order valence-corrected chi connectivity index (χ3v) is 5.22. The molecule has 37 heavy (non-hydrogen) atoms. The fourth-order valence-corrected chi connectivity index (χ4v) is 3.60. The van der Waals surface area contributed by atoms with Gasteiger partial charge in [0.15, 0.2) is 12.1 Å². The van der Waals surface area contributed by atoms with Crippen LogP contribution in [0.4, 0.5) is 4.79 Å². The summed E-state index contributed by atoms with van der Waals surface area (Å²) in [5.41, 5.74) is 0.00715. The molecule has 0 unspecified atom stereocenters. The zero-order valence-corrected chi connectivity index (χ0v) is 22.2. The van der Waals surface area contributed by atoms with Crippen molar-refractivity contribution in [3.05, 3.63) is 35.9 Å². The number of nitrogens with zero attached hydrogens (tertiary/aromatic N) is 1. The minimum absolute atomic E-state index is 0.0162. The van der Waals surface area contributed by atoms with Gasteiger partial charge in [-0.15, -0.1) is 0 Å². The molecule has 1 aromatic carbocycles. The predicted octanol–water partition coefficient (Wildman–Crippen LogP) is 1.93. The maximum absolute atomic E-state index is 12.9. The fourth-order valence-electron chi connectivity index (χ4n) is 3.60. The summed E-state index contributed by atoms with van der Waals surface area (Å²) in [6, 6.07) is 5.77. The Morgan fingerprint density at radius 3 is 2.11 bits per heavy atom. The van der Waals surface area contributed by atoms with Gasteiger partial charge in [0.25, 0.3) is 0 Å². The van der Waals surface area contributed by atoms with E-state index in [1.807, 2.05) is 19.9 Å². The van der Waals surface area contributed by atoms with E-state index in [9.17, 15) is 24.0 Å². The van der Waals surface area contributed by atoms with Crippen molar-refractivity contribution in [1.82, 2.24) is 15.5 Å². The molecule has 0 aromatic heterocycles. The van der Waals surface area contributed by atoms with E-state index < -0.39 is 60.1 Å². The van der Waals surface area contributed by atoms with Gasteiger partial charge in [-0.2, -0.15) is 0 Å². The summed E-state index contributed by atoms with van der Waals surface area (Å²) in [6.45, 7) is 10.1. The summed E-state index contributed by atoms with van der Waals surface area (Å²) in [5.74, 6) is -2.66. The number of esters is 2. The van der Waals surface area contributed by atoms with Crippen molar-refractivity contribution < 1.29 is 38.2 Å². The third kappa shape index (κ3) is 9.40. The van der Waals surface area contributed by atoms with Gasteiger partial charge in [0.2, 0.25) is 11.8 Å². The Labute approximate surface area is 217 Å². The number of alkyl carbamates (subject to hydrolysis) is 1. The van der Waals surface area contributed by atoms with Crippen LogP contribution in [0.1, 0.15) is 53.5 Å². The molecule has 1 saturated heterocycles. The van der Waals surface area contributed by atoms with Crippen LogP contribution in [0.3, 0.4) is 0 Å². The van der Waals surface area contributed by atoms with E-state index in [1.54, 1.807) is 52.0 Å². The number of benzene rings is 1. The second-order valence-corrected chi connectivity index (χ2v) is 10.1. The lowest BCUT2D eigenvalue weighted by Gasteiger charge is -2.24. The molecule has 0 aliphatic carbocycles. The molecule has 1 heterocycles. The highest BCUT2D eigenvalue weighted by molar-refractivity contribution is 6.02. The zero-order chi connectivity index (χ0) is 27.8. The van der Waals surface area contributed by atoms with Crippen LogP contribution in [-0.2, 0) is 40.0 Å². The minimum Gasteiger partial charge on any atom is -0.464 e. The highest BCUT2D eigenvalue weighted by Crippen LogP contribution is 2.31. The van der Waals surface area contributed by atoms with Gasteiger partial charge >= 0.3 is 18.0 Å². The van der Waals surface area contributed by atoms with Gasteiger partial charge in [-0.05, 0) is 45.6 Å². The van der Waals surface area contributed by atoms with Crippen molar-refractivity contribution in [2.75, 3.05) is 13.2 Å². The Morgan fingerprint density at radius 2 is 1.57 bits per heavy atom. The molecule has 2 N–H and O–H groups in total. The molecule has 11 nitrogen and oxygen atoms in total. The van der Waals surface area contributed by atoms with Crippen molar-refractivity contribution in [1.29, 1.82) is 0 Å². The smallest absolute Gasteiger partial charge is 0.408 e. The molecule has 1 aliphatic heterocycles. The summed E-state index contributed by atoms with van der Waals surface area (Å²) >= 11 is 0. The van der Waals surface area contributed by atoms with Crippen LogP contribution in [0.25, 0.3) is 0 Å². The average Bonchev–Trinajstić information content (AvgIpc) is 3.56. The molecule has 3 atom stereocenters. The van der Waals surface area contributed by atoms with Crippen LogP contribution in [0.5, 0.6) is 0 Å². The second kappa shape index (κ2) is 13.1. The SMILES string of the molecule is CCOC(=O)[C@H]1[C@H](C(=O)OCc2ccccc2)N1C(=O)CNC(=O)[C@H](CC(C)C)NC(=O)OC(C)(C)C. The molecule has 1 fully saturated rings. The van der Waals surface area contributed by atoms with Crippen molar-refractivity contribution >= 4 is 29.8 Å². The highest BCUT2D eigenvalue weighted by Gasteiger charge is 2.61. The Bertz CT molecular complexity index is 974. The van der Waals surface area contributed by atoms with Crippen LogP contribution < -0.4 is 10.6 Å². The van der Waals surface area contributed by atoms with E-state index in [0.29, 0.717) is 6.42 Å². The molecule has 1 aromatic rings. The number of ether oxygens (including phenoxy) is 3. The molecule has 0 radical (unpaired) electrons. The molecule has 204 valence electrons. The number of amides is 3. The Kier molecular flexibility index (Phi) is 10.5. The number of hydrogen-bond donors (Lipinski definition) is 2. The number of hydrogen-bond acceptors (Lipinski definition) is 8. The number of rotatable bonds is 11.